The van der Waals surface area contributed by atoms with Gasteiger partial charge in [0.2, 0.25) is 0 Å². The number of carbonyl (C=O) groups is 1. The molecule has 0 rings (SSSR count). The van der Waals surface area contributed by atoms with Gasteiger partial charge in [-0.1, -0.05) is 181 Å². The SMILES string of the molecule is CCCCCCCCCCCCCCCCC(CCCCCCCCCCCCCC)CC(=O)O. The van der Waals surface area contributed by atoms with E-state index in [4.69, 9.17) is 0 Å². The van der Waals surface area contributed by atoms with E-state index in [1.807, 2.05) is 0 Å². The maximum Gasteiger partial charge on any atom is 0.303 e. The molecule has 1 atom stereocenters. The van der Waals surface area contributed by atoms with E-state index >= 15 is 0 Å². The van der Waals surface area contributed by atoms with Gasteiger partial charge >= 0.3 is 5.97 Å². The third-order valence-electron chi connectivity index (χ3n) is 7.90. The Balaban J connectivity index is 3.50. The summed E-state index contributed by atoms with van der Waals surface area (Å²) >= 11 is 0. The molecular weight excluding hydrogens is 428 g/mol. The van der Waals surface area contributed by atoms with Crippen LogP contribution in [-0.4, -0.2) is 11.1 Å². The Bertz CT molecular complexity index is 406. The average molecular weight is 495 g/mol. The molecule has 0 aliphatic heterocycles. The molecule has 210 valence electrons. The van der Waals surface area contributed by atoms with Gasteiger partial charge in [0.1, 0.15) is 0 Å². The fourth-order valence-corrected chi connectivity index (χ4v) is 5.50. The van der Waals surface area contributed by atoms with Gasteiger partial charge in [-0.15, -0.1) is 0 Å². The highest BCUT2D eigenvalue weighted by Crippen LogP contribution is 2.22. The fourth-order valence-electron chi connectivity index (χ4n) is 5.50. The van der Waals surface area contributed by atoms with E-state index in [1.54, 1.807) is 0 Å². The molecule has 0 fully saturated rings. The molecule has 0 aromatic rings. The van der Waals surface area contributed by atoms with Crippen molar-refractivity contribution >= 4 is 5.97 Å². The topological polar surface area (TPSA) is 37.3 Å². The van der Waals surface area contributed by atoms with Crippen molar-refractivity contribution in [3.63, 3.8) is 0 Å². The molecule has 0 bridgehead atoms. The van der Waals surface area contributed by atoms with Gasteiger partial charge in [-0.25, -0.2) is 0 Å². The Kier molecular flexibility index (Phi) is 29.2. The van der Waals surface area contributed by atoms with E-state index in [2.05, 4.69) is 13.8 Å². The molecule has 0 spiro atoms. The first-order chi connectivity index (χ1) is 17.2. The van der Waals surface area contributed by atoms with Crippen molar-refractivity contribution in [2.24, 2.45) is 5.92 Å². The van der Waals surface area contributed by atoms with E-state index in [9.17, 15) is 9.90 Å². The second kappa shape index (κ2) is 29.7. The van der Waals surface area contributed by atoms with Crippen LogP contribution in [-0.2, 0) is 4.79 Å². The van der Waals surface area contributed by atoms with Gasteiger partial charge in [0.05, 0.1) is 0 Å². The van der Waals surface area contributed by atoms with Gasteiger partial charge in [0.15, 0.2) is 0 Å². The molecule has 2 nitrogen and oxygen atoms in total. The van der Waals surface area contributed by atoms with Crippen molar-refractivity contribution < 1.29 is 9.90 Å². The number of carboxylic acids is 1. The predicted octanol–water partition coefficient (Wildman–Crippen LogP) is 12.0. The van der Waals surface area contributed by atoms with Crippen molar-refractivity contribution in [3.05, 3.63) is 0 Å². The first-order valence-electron chi connectivity index (χ1n) is 16.4. The number of unbranched alkanes of at least 4 members (excludes halogenated alkanes) is 24. The maximum absolute atomic E-state index is 11.3. The second-order valence-corrected chi connectivity index (χ2v) is 11.5. The third-order valence-corrected chi connectivity index (χ3v) is 7.90. The van der Waals surface area contributed by atoms with Gasteiger partial charge in [-0.2, -0.15) is 0 Å². The summed E-state index contributed by atoms with van der Waals surface area (Å²) in [6.07, 6.45) is 38.6. The summed E-state index contributed by atoms with van der Waals surface area (Å²) < 4.78 is 0. The van der Waals surface area contributed by atoms with E-state index in [0.29, 0.717) is 12.3 Å². The zero-order valence-electron chi connectivity index (χ0n) is 24.4. The molecule has 1 unspecified atom stereocenters. The number of rotatable bonds is 30. The van der Waals surface area contributed by atoms with Crippen LogP contribution in [0.15, 0.2) is 0 Å². The predicted molar refractivity (Wildman–Crippen MR) is 156 cm³/mol. The number of hydrogen-bond acceptors (Lipinski definition) is 1. The monoisotopic (exact) mass is 495 g/mol. The summed E-state index contributed by atoms with van der Waals surface area (Å²) in [6, 6.07) is 0. The highest BCUT2D eigenvalue weighted by molar-refractivity contribution is 5.66. The van der Waals surface area contributed by atoms with Crippen LogP contribution in [0.2, 0.25) is 0 Å². The highest BCUT2D eigenvalue weighted by atomic mass is 16.4. The van der Waals surface area contributed by atoms with Crippen molar-refractivity contribution in [2.45, 2.75) is 200 Å². The molecular formula is C33H66O2. The van der Waals surface area contributed by atoms with E-state index in [1.165, 1.54) is 167 Å². The van der Waals surface area contributed by atoms with Crippen LogP contribution in [0.25, 0.3) is 0 Å². The lowest BCUT2D eigenvalue weighted by atomic mass is 9.91. The fraction of sp³-hybridized carbons (Fsp3) is 0.970. The molecule has 0 amide bonds. The molecule has 2 heteroatoms. The van der Waals surface area contributed by atoms with E-state index < -0.39 is 5.97 Å². The Morgan fingerprint density at radius 1 is 0.429 bits per heavy atom. The minimum absolute atomic E-state index is 0.385. The van der Waals surface area contributed by atoms with Gasteiger partial charge in [0, 0.05) is 6.42 Å². The average Bonchev–Trinajstić information content (AvgIpc) is 2.84. The third kappa shape index (κ3) is 29.6. The maximum atomic E-state index is 11.3. The first kappa shape index (κ1) is 34.5. The summed E-state index contributed by atoms with van der Waals surface area (Å²) in [5, 5.41) is 9.29. The van der Waals surface area contributed by atoms with Crippen molar-refractivity contribution in [1.29, 1.82) is 0 Å². The lowest BCUT2D eigenvalue weighted by Gasteiger charge is -2.14. The Hall–Kier alpha value is -0.530. The molecule has 1 N–H and O–H groups in total. The van der Waals surface area contributed by atoms with Crippen LogP contribution in [0.5, 0.6) is 0 Å². The minimum atomic E-state index is -0.598. The molecule has 0 aromatic carbocycles. The zero-order chi connectivity index (χ0) is 25.7. The summed E-state index contributed by atoms with van der Waals surface area (Å²) in [4.78, 5) is 11.3. The van der Waals surface area contributed by atoms with Gasteiger partial charge in [-0.05, 0) is 18.8 Å². The Labute approximate surface area is 221 Å². The molecule has 35 heavy (non-hydrogen) atoms. The lowest BCUT2D eigenvalue weighted by Crippen LogP contribution is -2.08. The second-order valence-electron chi connectivity index (χ2n) is 11.5. The molecule has 0 heterocycles. The summed E-state index contributed by atoms with van der Waals surface area (Å²) in [7, 11) is 0. The summed E-state index contributed by atoms with van der Waals surface area (Å²) in [5.74, 6) is -0.188. The summed E-state index contributed by atoms with van der Waals surface area (Å²) in [5.41, 5.74) is 0. The van der Waals surface area contributed by atoms with Gasteiger partial charge in [-0.3, -0.25) is 4.79 Å². The largest absolute Gasteiger partial charge is 0.481 e. The van der Waals surface area contributed by atoms with Crippen molar-refractivity contribution in [2.75, 3.05) is 0 Å². The van der Waals surface area contributed by atoms with Crippen LogP contribution < -0.4 is 0 Å². The molecule has 0 saturated heterocycles. The van der Waals surface area contributed by atoms with Crippen LogP contribution in [0.4, 0.5) is 0 Å². The Morgan fingerprint density at radius 3 is 0.886 bits per heavy atom. The van der Waals surface area contributed by atoms with Crippen LogP contribution in [0.1, 0.15) is 200 Å². The normalized spacial score (nSPS) is 12.3. The molecule has 0 aliphatic carbocycles. The van der Waals surface area contributed by atoms with Gasteiger partial charge in [0.25, 0.3) is 0 Å². The van der Waals surface area contributed by atoms with Gasteiger partial charge < -0.3 is 5.11 Å². The van der Waals surface area contributed by atoms with Crippen LogP contribution in [0, 0.1) is 5.92 Å². The first-order valence-corrected chi connectivity index (χ1v) is 16.4. The number of aliphatic carboxylic acids is 1. The molecule has 0 radical (unpaired) electrons. The van der Waals surface area contributed by atoms with E-state index in [0.717, 1.165) is 12.8 Å². The quantitative estimate of drug-likeness (QED) is 0.101. The lowest BCUT2D eigenvalue weighted by molar-refractivity contribution is -0.138. The number of carboxylic acid groups (broad SMARTS) is 1. The van der Waals surface area contributed by atoms with Crippen LogP contribution in [0.3, 0.4) is 0 Å². The smallest absolute Gasteiger partial charge is 0.303 e. The Morgan fingerprint density at radius 2 is 0.657 bits per heavy atom. The zero-order valence-corrected chi connectivity index (χ0v) is 24.4. The molecule has 0 aromatic heterocycles. The molecule has 0 saturated carbocycles. The van der Waals surface area contributed by atoms with E-state index in [-0.39, 0.29) is 0 Å². The minimum Gasteiger partial charge on any atom is -0.481 e. The standard InChI is InChI=1S/C33H66O2/c1-3-5-7-9-11-13-15-17-18-20-22-24-26-28-30-32(31-33(34)35)29-27-25-23-21-19-16-14-12-10-8-6-4-2/h32H,3-31H2,1-2H3,(H,34,35). The van der Waals surface area contributed by atoms with Crippen molar-refractivity contribution in [3.8, 4) is 0 Å². The molecule has 0 aliphatic rings. The number of hydrogen-bond donors (Lipinski definition) is 1. The summed E-state index contributed by atoms with van der Waals surface area (Å²) in [6.45, 7) is 4.57. The van der Waals surface area contributed by atoms with Crippen LogP contribution >= 0.6 is 0 Å². The highest BCUT2D eigenvalue weighted by Gasteiger charge is 2.12. The van der Waals surface area contributed by atoms with Crippen molar-refractivity contribution in [1.82, 2.24) is 0 Å².